The van der Waals surface area contributed by atoms with Gasteiger partial charge in [0.15, 0.2) is 0 Å². The van der Waals surface area contributed by atoms with Gasteiger partial charge in [0.05, 0.1) is 0 Å². The van der Waals surface area contributed by atoms with Gasteiger partial charge < -0.3 is 18.9 Å². The lowest BCUT2D eigenvalue weighted by molar-refractivity contribution is 0.637. The predicted molar refractivity (Wildman–Crippen MR) is 71.7 cm³/mol. The van der Waals surface area contributed by atoms with Gasteiger partial charge in [-0.05, 0) is 19.3 Å². The van der Waals surface area contributed by atoms with Crippen LogP contribution in [0.1, 0.15) is 51.9 Å². The molecule has 0 rings (SSSR count). The molecule has 0 aliphatic rings. The molecule has 74 valence electrons. The van der Waals surface area contributed by atoms with E-state index in [-0.39, 0.29) is 0 Å². The average Bonchev–Trinajstić information content (AvgIpc) is 2.16. The van der Waals surface area contributed by atoms with Gasteiger partial charge in [0, 0.05) is 0 Å². The lowest BCUT2D eigenvalue weighted by Crippen LogP contribution is -1.80. The van der Waals surface area contributed by atoms with Gasteiger partial charge in [0.2, 0.25) is 0 Å². The monoisotopic (exact) mass is 304 g/mol. The van der Waals surface area contributed by atoms with Gasteiger partial charge in [-0.15, -0.1) is 4.55 Å². The van der Waals surface area contributed by atoms with Crippen LogP contribution < -0.4 is 0 Å². The molecule has 0 aliphatic heterocycles. The van der Waals surface area contributed by atoms with Crippen LogP contribution in [0.3, 0.4) is 0 Å². The number of rotatable bonds is 9. The molecule has 0 aromatic carbocycles. The molecule has 0 heterocycles. The number of hydrogen-bond acceptors (Lipinski definition) is 0. The van der Waals surface area contributed by atoms with E-state index >= 15 is 0 Å². The molecule has 0 amide bonds. The molecule has 0 nitrogen and oxygen atoms in total. The highest BCUT2D eigenvalue weighted by Crippen LogP contribution is 2.08. The van der Waals surface area contributed by atoms with Crippen molar-refractivity contribution in [2.24, 2.45) is 0 Å². The fraction of sp³-hybridized carbons (Fsp3) is 0.818. The summed E-state index contributed by atoms with van der Waals surface area (Å²) < 4.78 is 1.55. The zero-order chi connectivity index (χ0) is 9.78. The second-order valence-electron chi connectivity index (χ2n) is 3.48. The second kappa shape index (κ2) is 13.2. The Morgan fingerprint density at radius 2 is 1.69 bits per heavy atom. The third kappa shape index (κ3) is 13.2. The van der Waals surface area contributed by atoms with E-state index in [1.807, 2.05) is 0 Å². The standard InChI is InChI=1S/C11H21.HI.Mg/c1-3-5-7-9-11-10-8-6-4-2;;/h6,8H,1,3-5,7,9-11H2,2H3;1H;/q;;+1/p-1/b8-6+;;. The van der Waals surface area contributed by atoms with Gasteiger partial charge in [-0.25, -0.2) is 0 Å². The van der Waals surface area contributed by atoms with E-state index in [1.54, 1.807) is 4.55 Å². The van der Waals surface area contributed by atoms with Crippen molar-refractivity contribution >= 4 is 35.3 Å². The van der Waals surface area contributed by atoms with Crippen LogP contribution in [-0.4, -0.2) is 16.5 Å². The molecule has 0 spiro atoms. The lowest BCUT2D eigenvalue weighted by Gasteiger charge is -1.98. The maximum absolute atomic E-state index is 2.60. The molecular weight excluding hydrogens is 283 g/mol. The molecule has 13 heavy (non-hydrogen) atoms. The summed E-state index contributed by atoms with van der Waals surface area (Å²) in [6, 6.07) is 0. The summed E-state index contributed by atoms with van der Waals surface area (Å²) in [7, 11) is 0. The van der Waals surface area contributed by atoms with Crippen LogP contribution >= 0.6 is 18.9 Å². The van der Waals surface area contributed by atoms with Gasteiger partial charge in [-0.3, -0.25) is 0 Å². The number of allylic oxidation sites excluding steroid dienone is 2. The smallest absolute Gasteiger partial charge is 0.301 e. The Balaban J connectivity index is 2.87. The van der Waals surface area contributed by atoms with E-state index in [9.17, 15) is 0 Å². The first kappa shape index (κ1) is 14.2. The van der Waals surface area contributed by atoms with Gasteiger partial charge in [-0.2, -0.15) is 0 Å². The lowest BCUT2D eigenvalue weighted by atomic mass is 10.1. The Hall–Kier alpha value is 1.24. The largest absolute Gasteiger partial charge is 0.463 e. The van der Waals surface area contributed by atoms with Gasteiger partial charge in [0.25, 0.3) is 0 Å². The Labute approximate surface area is 103 Å². The van der Waals surface area contributed by atoms with Crippen LogP contribution in [0.15, 0.2) is 12.2 Å². The van der Waals surface area contributed by atoms with Crippen molar-refractivity contribution < 1.29 is 0 Å². The van der Waals surface area contributed by atoms with Crippen LogP contribution in [0.5, 0.6) is 0 Å². The molecule has 0 fully saturated rings. The quantitative estimate of drug-likeness (QED) is 0.249. The first-order valence-corrected chi connectivity index (χ1v) is 11.7. The number of halogens is 1. The molecule has 0 aromatic rings. The number of hydrogen-bond donors (Lipinski definition) is 0. The minimum Gasteiger partial charge on any atom is -0.301 e. The van der Waals surface area contributed by atoms with Crippen molar-refractivity contribution in [1.82, 2.24) is 0 Å². The minimum atomic E-state index is 0.322. The van der Waals surface area contributed by atoms with Crippen LogP contribution in [-0.2, 0) is 0 Å². The Morgan fingerprint density at radius 3 is 2.38 bits per heavy atom. The molecule has 0 saturated heterocycles. The molecule has 0 aliphatic carbocycles. The first-order valence-electron chi connectivity index (χ1n) is 5.62. The summed E-state index contributed by atoms with van der Waals surface area (Å²) in [5, 5.41) is 0. The molecule has 0 bridgehead atoms. The number of unbranched alkanes of at least 4 members (excludes halogenated alkanes) is 5. The topological polar surface area (TPSA) is 0 Å². The third-order valence-electron chi connectivity index (χ3n) is 2.16. The van der Waals surface area contributed by atoms with Crippen molar-refractivity contribution in [3.05, 3.63) is 12.2 Å². The minimum absolute atomic E-state index is 0.322. The molecule has 0 N–H and O–H groups in total. The van der Waals surface area contributed by atoms with E-state index < -0.39 is 0 Å². The highest BCUT2D eigenvalue weighted by molar-refractivity contribution is 14.1. The van der Waals surface area contributed by atoms with Gasteiger partial charge >= 0.3 is 16.5 Å². The normalized spacial score (nSPS) is 10.6. The van der Waals surface area contributed by atoms with Crippen LogP contribution in [0.2, 0.25) is 4.55 Å². The summed E-state index contributed by atoms with van der Waals surface area (Å²) in [4.78, 5) is 0. The van der Waals surface area contributed by atoms with Gasteiger partial charge in [-0.1, -0.05) is 44.8 Å². The summed E-state index contributed by atoms with van der Waals surface area (Å²) in [5.41, 5.74) is 0. The highest BCUT2D eigenvalue weighted by atomic mass is 127. The van der Waals surface area contributed by atoms with E-state index in [0.717, 1.165) is 0 Å². The summed E-state index contributed by atoms with van der Waals surface area (Å²) >= 11 is 2.92. The maximum atomic E-state index is 2.60. The zero-order valence-corrected chi connectivity index (χ0v) is 12.5. The van der Waals surface area contributed by atoms with E-state index in [4.69, 9.17) is 0 Å². The molecule has 0 atom stereocenters. The average molecular weight is 304 g/mol. The van der Waals surface area contributed by atoms with Crippen molar-refractivity contribution in [2.75, 3.05) is 0 Å². The summed E-state index contributed by atoms with van der Waals surface area (Å²) in [6.07, 6.45) is 14.4. The van der Waals surface area contributed by atoms with E-state index in [0.29, 0.717) is 16.5 Å². The molecule has 0 aromatic heterocycles. The highest BCUT2D eigenvalue weighted by Gasteiger charge is 1.91. The summed E-state index contributed by atoms with van der Waals surface area (Å²) in [5.74, 6) is 0. The molecule has 2 heteroatoms. The second-order valence-corrected chi connectivity index (χ2v) is 7.80. The van der Waals surface area contributed by atoms with Crippen molar-refractivity contribution in [2.45, 2.75) is 56.4 Å². The van der Waals surface area contributed by atoms with Crippen LogP contribution in [0.25, 0.3) is 0 Å². The zero-order valence-electron chi connectivity index (χ0n) is 8.90. The molecule has 0 unspecified atom stereocenters. The van der Waals surface area contributed by atoms with E-state index in [2.05, 4.69) is 37.9 Å². The van der Waals surface area contributed by atoms with E-state index in [1.165, 1.54) is 44.9 Å². The first-order chi connectivity index (χ1) is 6.41. The van der Waals surface area contributed by atoms with Crippen LogP contribution in [0.4, 0.5) is 0 Å². The predicted octanol–water partition coefficient (Wildman–Crippen LogP) is 4.77. The molecule has 0 saturated carbocycles. The van der Waals surface area contributed by atoms with Gasteiger partial charge in [0.1, 0.15) is 0 Å². The Kier molecular flexibility index (Phi) is 14.5. The van der Waals surface area contributed by atoms with Crippen molar-refractivity contribution in [3.8, 4) is 0 Å². The SMILES string of the molecule is CC/C=C/CCCCCC[CH2][Mg][I]. The fourth-order valence-electron chi connectivity index (χ4n) is 1.35. The Bertz CT molecular complexity index is 113. The third-order valence-corrected chi connectivity index (χ3v) is 5.21. The summed E-state index contributed by atoms with van der Waals surface area (Å²) in [6.45, 7) is 2.20. The van der Waals surface area contributed by atoms with Crippen molar-refractivity contribution in [1.29, 1.82) is 0 Å². The van der Waals surface area contributed by atoms with Crippen LogP contribution in [0, 0.1) is 0 Å². The molecular formula is C11H21IMg. The fourth-order valence-corrected chi connectivity index (χ4v) is 3.51. The maximum Gasteiger partial charge on any atom is 0.463 e. The van der Waals surface area contributed by atoms with Crippen molar-refractivity contribution in [3.63, 3.8) is 0 Å². The molecule has 0 radical (unpaired) electrons. The Morgan fingerprint density at radius 1 is 1.00 bits per heavy atom.